The Kier molecular flexibility index (Phi) is 12.9. The van der Waals surface area contributed by atoms with E-state index in [1.807, 2.05) is 25.1 Å². The van der Waals surface area contributed by atoms with Crippen molar-refractivity contribution in [1.29, 1.82) is 0 Å². The van der Waals surface area contributed by atoms with Crippen LogP contribution in [0.4, 0.5) is 0 Å². The molecule has 0 bridgehead atoms. The monoisotopic (exact) mass is 956 g/mol. The number of fused-ring (bicyclic) bond motifs is 4. The summed E-state index contributed by atoms with van der Waals surface area (Å²) >= 11 is 0. The summed E-state index contributed by atoms with van der Waals surface area (Å²) in [6.07, 6.45) is 6.61. The van der Waals surface area contributed by atoms with Crippen LogP contribution < -0.4 is 5.19 Å². The van der Waals surface area contributed by atoms with Gasteiger partial charge < -0.3 is 14.0 Å². The number of hydrogen-bond donors (Lipinski definition) is 0. The Bertz CT molecular complexity index is 2490. The third-order valence-electron chi connectivity index (χ3n) is 11.0. The van der Waals surface area contributed by atoms with Gasteiger partial charge in [0.05, 0.1) is 36.2 Å². The van der Waals surface area contributed by atoms with E-state index < -0.39 is 8.07 Å². The molecule has 0 aliphatic rings. The molecule has 0 spiro atoms. The van der Waals surface area contributed by atoms with Crippen LogP contribution in [-0.2, 0) is 38.5 Å². The van der Waals surface area contributed by atoms with Crippen molar-refractivity contribution in [2.24, 2.45) is 10.8 Å². The van der Waals surface area contributed by atoms with Gasteiger partial charge in [0.25, 0.3) is 0 Å². The van der Waals surface area contributed by atoms with Crippen LogP contribution in [0.5, 0.6) is 0 Å². The second kappa shape index (κ2) is 16.7. The van der Waals surface area contributed by atoms with E-state index in [0.717, 1.165) is 80.0 Å². The van der Waals surface area contributed by atoms with Crippen molar-refractivity contribution in [3.8, 4) is 22.6 Å². The number of aromatic nitrogens is 5. The van der Waals surface area contributed by atoms with Crippen LogP contribution in [0.25, 0.3) is 55.7 Å². The zero-order chi connectivity index (χ0) is 40.8. The first-order chi connectivity index (χ1) is 26.2. The maximum absolute atomic E-state index is 6.11. The molecule has 57 heavy (non-hydrogen) atoms. The summed E-state index contributed by atoms with van der Waals surface area (Å²) in [5.41, 5.74) is 11.5. The average molecular weight is 956 g/mol. The molecule has 0 saturated heterocycles. The summed E-state index contributed by atoms with van der Waals surface area (Å²) in [6, 6.07) is 27.5. The maximum atomic E-state index is 6.11. The predicted molar refractivity (Wildman–Crippen MR) is 238 cm³/mol. The quantitative estimate of drug-likeness (QED) is 0.112. The summed E-state index contributed by atoms with van der Waals surface area (Å²) in [4.78, 5) is 19.3. The SMILES string of the molecule is CCC(C)(CC)Cc1cc(-c2[c-]cccc2)ncc1[Si](C)(C)C.Cc1cc2nc(-c3[c-]cc4oc5nc(CC(C)(C)C)ccc5c4c3)n(C(C)(C)C)c2c(C)n1.[Ir]. The van der Waals surface area contributed by atoms with Gasteiger partial charge in [-0.05, 0) is 87.4 Å². The zero-order valence-electron chi connectivity index (χ0n) is 36.7. The Hall–Kier alpha value is -3.97. The first kappa shape index (κ1) is 44.1. The molecule has 6 nitrogen and oxygen atoms in total. The number of aryl methyl sites for hydroxylation is 2. The second-order valence-corrected chi connectivity index (χ2v) is 24.3. The molecular formula is C49H61IrN5OSi-2. The molecule has 2 aromatic carbocycles. The topological polar surface area (TPSA) is 69.6 Å². The molecule has 5 heterocycles. The van der Waals surface area contributed by atoms with Gasteiger partial charge in [-0.1, -0.05) is 91.0 Å². The summed E-state index contributed by atoms with van der Waals surface area (Å²) in [5, 5.41) is 3.56. The number of nitrogens with zero attached hydrogens (tertiary/aromatic N) is 5. The Balaban J connectivity index is 0.000000229. The minimum absolute atomic E-state index is 0. The summed E-state index contributed by atoms with van der Waals surface area (Å²) in [7, 11) is -1.40. The summed E-state index contributed by atoms with van der Waals surface area (Å²) in [5.74, 6) is 0.890. The van der Waals surface area contributed by atoms with Crippen LogP contribution in [-0.4, -0.2) is 32.6 Å². The molecule has 7 aromatic rings. The van der Waals surface area contributed by atoms with E-state index in [2.05, 4.69) is 154 Å². The number of furan rings is 1. The van der Waals surface area contributed by atoms with E-state index >= 15 is 0 Å². The fourth-order valence-electron chi connectivity index (χ4n) is 7.65. The molecule has 7 rings (SSSR count). The van der Waals surface area contributed by atoms with Gasteiger partial charge in [0.2, 0.25) is 5.71 Å². The molecule has 0 fully saturated rings. The zero-order valence-corrected chi connectivity index (χ0v) is 40.1. The summed E-state index contributed by atoms with van der Waals surface area (Å²) < 4.78 is 8.39. The maximum Gasteiger partial charge on any atom is 0.216 e. The van der Waals surface area contributed by atoms with E-state index in [1.54, 1.807) is 0 Å². The Labute approximate surface area is 355 Å². The number of imidazole rings is 1. The number of pyridine rings is 3. The van der Waals surface area contributed by atoms with Crippen LogP contribution >= 0.6 is 0 Å². The number of hydrogen-bond acceptors (Lipinski definition) is 5. The average Bonchev–Trinajstić information content (AvgIpc) is 3.69. The van der Waals surface area contributed by atoms with Gasteiger partial charge in [0.15, 0.2) is 0 Å². The van der Waals surface area contributed by atoms with Crippen LogP contribution in [0.2, 0.25) is 19.6 Å². The minimum Gasteiger partial charge on any atom is -0.486 e. The molecule has 303 valence electrons. The fourth-order valence-corrected chi connectivity index (χ4v) is 9.23. The number of benzene rings is 2. The summed E-state index contributed by atoms with van der Waals surface area (Å²) in [6.45, 7) is 31.6. The van der Waals surface area contributed by atoms with Crippen LogP contribution in [0, 0.1) is 36.8 Å². The number of rotatable bonds is 8. The van der Waals surface area contributed by atoms with Crippen molar-refractivity contribution >= 4 is 46.4 Å². The molecule has 0 atom stereocenters. The van der Waals surface area contributed by atoms with E-state index in [9.17, 15) is 0 Å². The fraction of sp³-hybridized carbons (Fsp3) is 0.429. The van der Waals surface area contributed by atoms with Crippen LogP contribution in [0.15, 0.2) is 71.3 Å². The van der Waals surface area contributed by atoms with Gasteiger partial charge in [0, 0.05) is 48.6 Å². The van der Waals surface area contributed by atoms with E-state index in [0.29, 0.717) is 11.1 Å². The molecule has 0 N–H and O–H groups in total. The normalized spacial score (nSPS) is 12.5. The second-order valence-electron chi connectivity index (χ2n) is 19.2. The van der Waals surface area contributed by atoms with Gasteiger partial charge in [-0.3, -0.25) is 9.97 Å². The Morgan fingerprint density at radius 1 is 0.789 bits per heavy atom. The van der Waals surface area contributed by atoms with Crippen molar-refractivity contribution in [2.45, 2.75) is 127 Å². The molecule has 0 aliphatic carbocycles. The molecule has 0 amide bonds. The van der Waals surface area contributed by atoms with Crippen LogP contribution in [0.3, 0.4) is 0 Å². The van der Waals surface area contributed by atoms with Gasteiger partial charge >= 0.3 is 0 Å². The standard InChI is InChI=1S/C28H31N4O.C21H30NSi.Ir/c1-16-13-22-24(17(2)29-16)32(28(6,7)8)25(31-22)18-9-12-23-21(14-18)20-11-10-19(15-27(3,4)5)30-26(20)33-23;1-7-21(3,8-2)15-18-14-19(17-12-10-9-11-13-17)22-16-20(18)23(4,5)6;/h10-14H,15H2,1-8H3;9-12,14,16H,7-8,15H2,1-6H3;/q2*-1;. The third kappa shape index (κ3) is 9.84. The minimum atomic E-state index is -1.40. The Morgan fingerprint density at radius 3 is 2.12 bits per heavy atom. The van der Waals surface area contributed by atoms with Crippen molar-refractivity contribution in [3.05, 3.63) is 102 Å². The van der Waals surface area contributed by atoms with Gasteiger partial charge in [-0.2, -0.15) is 0 Å². The van der Waals surface area contributed by atoms with E-state index in [4.69, 9.17) is 24.4 Å². The smallest absolute Gasteiger partial charge is 0.216 e. The molecular weight excluding hydrogens is 895 g/mol. The van der Waals surface area contributed by atoms with E-state index in [1.165, 1.54) is 23.6 Å². The predicted octanol–water partition coefficient (Wildman–Crippen LogP) is 12.6. The van der Waals surface area contributed by atoms with Crippen molar-refractivity contribution in [1.82, 2.24) is 24.5 Å². The molecule has 5 aromatic heterocycles. The van der Waals surface area contributed by atoms with Crippen molar-refractivity contribution in [2.75, 3.05) is 0 Å². The van der Waals surface area contributed by atoms with Crippen molar-refractivity contribution < 1.29 is 24.5 Å². The van der Waals surface area contributed by atoms with Gasteiger partial charge in [0.1, 0.15) is 0 Å². The van der Waals surface area contributed by atoms with E-state index in [-0.39, 0.29) is 31.1 Å². The Morgan fingerprint density at radius 2 is 1.51 bits per heavy atom. The molecule has 1 radical (unpaired) electrons. The molecule has 8 heteroatoms. The van der Waals surface area contributed by atoms with Crippen molar-refractivity contribution in [3.63, 3.8) is 0 Å². The molecule has 0 unspecified atom stereocenters. The first-order valence-electron chi connectivity index (χ1n) is 20.3. The molecule has 0 saturated carbocycles. The third-order valence-corrected chi connectivity index (χ3v) is 13.1. The van der Waals surface area contributed by atoms with Gasteiger partial charge in [-0.15, -0.1) is 59.7 Å². The molecule has 0 aliphatic heterocycles. The van der Waals surface area contributed by atoms with Crippen LogP contribution in [0.1, 0.15) is 97.8 Å². The first-order valence-corrected chi connectivity index (χ1v) is 23.8. The largest absolute Gasteiger partial charge is 0.486 e. The van der Waals surface area contributed by atoms with Gasteiger partial charge in [-0.25, -0.2) is 4.98 Å².